The van der Waals surface area contributed by atoms with E-state index in [1.54, 1.807) is 55.3 Å². The van der Waals surface area contributed by atoms with Gasteiger partial charge in [0.2, 0.25) is 0 Å². The van der Waals surface area contributed by atoms with Crippen LogP contribution in [0.25, 0.3) is 6.08 Å². The van der Waals surface area contributed by atoms with Crippen LogP contribution < -0.4 is 24.4 Å². The van der Waals surface area contributed by atoms with E-state index in [4.69, 9.17) is 9.47 Å². The van der Waals surface area contributed by atoms with Crippen molar-refractivity contribution < 1.29 is 24.2 Å². The van der Waals surface area contributed by atoms with Gasteiger partial charge >= 0.3 is 5.97 Å². The fourth-order valence-corrected chi connectivity index (χ4v) is 5.54. The number of hydrogen-bond acceptors (Lipinski definition) is 7. The Kier molecular flexibility index (Phi) is 7.82. The van der Waals surface area contributed by atoms with Crippen LogP contribution >= 0.6 is 11.3 Å². The minimum absolute atomic E-state index is 0.156. The Balaban J connectivity index is 1.99. The van der Waals surface area contributed by atoms with E-state index in [0.717, 1.165) is 0 Å². The number of nitrogens with zero attached hydrogens (tertiary/aromatic N) is 3. The van der Waals surface area contributed by atoms with Crippen molar-refractivity contribution in [2.75, 3.05) is 27.3 Å². The van der Waals surface area contributed by atoms with Crippen molar-refractivity contribution in [3.63, 3.8) is 0 Å². The van der Waals surface area contributed by atoms with E-state index in [1.165, 1.54) is 35.1 Å². The summed E-state index contributed by atoms with van der Waals surface area (Å²) in [7, 11) is 3.09. The maximum absolute atomic E-state index is 13.9. The Hall–Kier alpha value is -4.18. The zero-order chi connectivity index (χ0) is 27.6. The predicted molar refractivity (Wildman–Crippen MR) is 145 cm³/mol. The molecule has 0 bridgehead atoms. The third-order valence-corrected chi connectivity index (χ3v) is 7.47. The average molecular weight is 536 g/mol. The summed E-state index contributed by atoms with van der Waals surface area (Å²) in [5, 5.41) is 9.18. The van der Waals surface area contributed by atoms with E-state index in [1.807, 2.05) is 13.8 Å². The lowest BCUT2D eigenvalue weighted by molar-refractivity contribution is -0.127. The Morgan fingerprint density at radius 3 is 2.37 bits per heavy atom. The molecule has 1 N–H and O–H groups in total. The number of benzene rings is 2. The quantitative estimate of drug-likeness (QED) is 0.475. The van der Waals surface area contributed by atoms with Crippen LogP contribution in [0.4, 0.5) is 0 Å². The standard InChI is InChI=1S/C28H29N3O6S/c1-6-30(7-2)26(33)23-16(3)29-28-31(24(23)20-15-19(36-4)12-13-21(20)37-5)25(32)22(38-28)14-17-8-10-18(11-9-17)27(34)35/h8-15,24H,6-7H2,1-5H3,(H,34,35)/b22-14+/t24-/m1/s1. The van der Waals surface area contributed by atoms with Gasteiger partial charge in [-0.2, -0.15) is 0 Å². The van der Waals surface area contributed by atoms with E-state index in [2.05, 4.69) is 4.99 Å². The molecule has 4 rings (SSSR count). The number of ether oxygens (including phenoxy) is 2. The second-order valence-electron chi connectivity index (χ2n) is 8.59. The maximum atomic E-state index is 13.9. The number of carbonyl (C=O) groups is 2. The molecular formula is C28H29N3O6S. The van der Waals surface area contributed by atoms with Gasteiger partial charge in [0.15, 0.2) is 4.80 Å². The smallest absolute Gasteiger partial charge is 0.335 e. The van der Waals surface area contributed by atoms with Crippen LogP contribution in [0.2, 0.25) is 0 Å². The van der Waals surface area contributed by atoms with Crippen LogP contribution in [0.1, 0.15) is 48.3 Å². The minimum Gasteiger partial charge on any atom is -0.497 e. The zero-order valence-electron chi connectivity index (χ0n) is 21.8. The van der Waals surface area contributed by atoms with E-state index in [9.17, 15) is 19.5 Å². The van der Waals surface area contributed by atoms with Crippen LogP contribution in [0, 0.1) is 0 Å². The molecule has 0 radical (unpaired) electrons. The molecule has 1 atom stereocenters. The number of carboxylic acid groups (broad SMARTS) is 1. The first kappa shape index (κ1) is 26.9. The van der Waals surface area contributed by atoms with Crippen LogP contribution in [-0.2, 0) is 4.79 Å². The summed E-state index contributed by atoms with van der Waals surface area (Å²) in [5.74, 6) is -0.159. The van der Waals surface area contributed by atoms with E-state index >= 15 is 0 Å². The van der Waals surface area contributed by atoms with E-state index in [-0.39, 0.29) is 17.0 Å². The van der Waals surface area contributed by atoms with E-state index in [0.29, 0.717) is 56.3 Å². The third-order valence-electron chi connectivity index (χ3n) is 6.49. The summed E-state index contributed by atoms with van der Waals surface area (Å²) in [6, 6.07) is 10.8. The first-order valence-corrected chi connectivity index (χ1v) is 12.9. The highest BCUT2D eigenvalue weighted by atomic mass is 32.1. The van der Waals surface area contributed by atoms with Crippen molar-refractivity contribution in [3.05, 3.63) is 90.1 Å². The van der Waals surface area contributed by atoms with Gasteiger partial charge < -0.3 is 19.5 Å². The zero-order valence-corrected chi connectivity index (χ0v) is 22.7. The summed E-state index contributed by atoms with van der Waals surface area (Å²) in [4.78, 5) is 45.7. The molecule has 0 fully saturated rings. The lowest BCUT2D eigenvalue weighted by atomic mass is 9.93. The molecule has 1 aliphatic rings. The molecule has 10 heteroatoms. The molecule has 2 heterocycles. The second-order valence-corrected chi connectivity index (χ2v) is 9.60. The molecule has 1 aliphatic heterocycles. The summed E-state index contributed by atoms with van der Waals surface area (Å²) >= 11 is 1.21. The molecule has 0 saturated heterocycles. The van der Waals surface area contributed by atoms with Crippen molar-refractivity contribution in [1.29, 1.82) is 0 Å². The van der Waals surface area contributed by atoms with Gasteiger partial charge in [0.05, 0.1) is 35.6 Å². The molecule has 1 amide bonds. The van der Waals surface area contributed by atoms with E-state index < -0.39 is 12.0 Å². The third kappa shape index (κ3) is 4.87. The molecule has 38 heavy (non-hydrogen) atoms. The number of allylic oxidation sites excluding steroid dienone is 1. The molecule has 1 aromatic heterocycles. The van der Waals surface area contributed by atoms with Crippen molar-refractivity contribution in [1.82, 2.24) is 9.47 Å². The fourth-order valence-electron chi connectivity index (χ4n) is 4.50. The van der Waals surface area contributed by atoms with Crippen molar-refractivity contribution in [2.24, 2.45) is 4.99 Å². The van der Waals surface area contributed by atoms with Gasteiger partial charge in [0.1, 0.15) is 17.5 Å². The number of aromatic carboxylic acids is 1. The summed E-state index contributed by atoms with van der Waals surface area (Å²) in [5.41, 5.74) is 2.04. The minimum atomic E-state index is -1.02. The maximum Gasteiger partial charge on any atom is 0.335 e. The molecule has 198 valence electrons. The van der Waals surface area contributed by atoms with Crippen LogP contribution in [0.3, 0.4) is 0 Å². The first-order chi connectivity index (χ1) is 18.2. The van der Waals surface area contributed by atoms with Crippen LogP contribution in [0.5, 0.6) is 11.5 Å². The van der Waals surface area contributed by atoms with Gasteiger partial charge in [-0.1, -0.05) is 23.5 Å². The van der Waals surface area contributed by atoms with Gasteiger partial charge in [-0.25, -0.2) is 9.79 Å². The highest BCUT2D eigenvalue weighted by Crippen LogP contribution is 2.38. The Bertz CT molecular complexity index is 1600. The number of likely N-dealkylation sites (N-methyl/N-ethyl adjacent to an activating group) is 1. The predicted octanol–water partition coefficient (Wildman–Crippen LogP) is 2.82. The number of rotatable bonds is 8. The average Bonchev–Trinajstić information content (AvgIpc) is 3.22. The molecule has 9 nitrogen and oxygen atoms in total. The lowest BCUT2D eigenvalue weighted by Gasteiger charge is -2.30. The monoisotopic (exact) mass is 535 g/mol. The number of methoxy groups -OCH3 is 2. The highest BCUT2D eigenvalue weighted by molar-refractivity contribution is 7.07. The SMILES string of the molecule is CCN(CC)C(=O)C1=C(C)N=c2s/c(=C/c3ccc(C(=O)O)cc3)c(=O)n2[C@@H]1c1cc(OC)ccc1OC. The number of hydrogen-bond donors (Lipinski definition) is 1. The van der Waals surface area contributed by atoms with Crippen molar-refractivity contribution >= 4 is 29.3 Å². The Morgan fingerprint density at radius 1 is 1.11 bits per heavy atom. The number of carboxylic acids is 1. The normalized spacial score (nSPS) is 15.1. The Labute approximate surface area is 223 Å². The number of carbonyl (C=O) groups excluding carboxylic acids is 1. The fraction of sp³-hybridized carbons (Fsp3) is 0.286. The molecule has 0 spiro atoms. The van der Waals surface area contributed by atoms with Gasteiger partial charge in [0, 0.05) is 18.7 Å². The molecule has 3 aromatic rings. The molecule has 0 aliphatic carbocycles. The highest BCUT2D eigenvalue weighted by Gasteiger charge is 2.36. The van der Waals surface area contributed by atoms with Crippen molar-refractivity contribution in [2.45, 2.75) is 26.8 Å². The van der Waals surface area contributed by atoms with Gasteiger partial charge in [-0.15, -0.1) is 0 Å². The number of amides is 1. The second kappa shape index (κ2) is 11.1. The van der Waals surface area contributed by atoms with Gasteiger partial charge in [-0.05, 0) is 62.7 Å². The molecule has 0 saturated carbocycles. The molecule has 0 unspecified atom stereocenters. The van der Waals surface area contributed by atoms with Crippen LogP contribution in [-0.4, -0.2) is 53.8 Å². The Morgan fingerprint density at radius 2 is 1.79 bits per heavy atom. The lowest BCUT2D eigenvalue weighted by Crippen LogP contribution is -2.43. The van der Waals surface area contributed by atoms with Gasteiger partial charge in [-0.3, -0.25) is 14.2 Å². The summed E-state index contributed by atoms with van der Waals surface area (Å²) < 4.78 is 13.1. The molecule has 2 aromatic carbocycles. The summed E-state index contributed by atoms with van der Waals surface area (Å²) in [6.45, 7) is 6.60. The molecular weight excluding hydrogens is 506 g/mol. The largest absolute Gasteiger partial charge is 0.497 e. The number of fused-ring (bicyclic) bond motifs is 1. The topological polar surface area (TPSA) is 110 Å². The summed E-state index contributed by atoms with van der Waals surface area (Å²) in [6.07, 6.45) is 1.69. The number of aromatic nitrogens is 1. The first-order valence-electron chi connectivity index (χ1n) is 12.1. The van der Waals surface area contributed by atoms with Gasteiger partial charge in [0.25, 0.3) is 11.5 Å². The van der Waals surface area contributed by atoms with Crippen LogP contribution in [0.15, 0.2) is 63.5 Å². The number of thiazole rings is 1. The van der Waals surface area contributed by atoms with Crippen molar-refractivity contribution in [3.8, 4) is 11.5 Å².